The SMILES string of the molecule is O=C1[C@H]2CC=CC[C@H]2C(=O)N1C1CCCCC1O. The summed E-state index contributed by atoms with van der Waals surface area (Å²) in [5, 5.41) is 10.0. The van der Waals surface area contributed by atoms with Gasteiger partial charge in [0.1, 0.15) is 0 Å². The van der Waals surface area contributed by atoms with Gasteiger partial charge in [-0.3, -0.25) is 14.5 Å². The lowest BCUT2D eigenvalue weighted by Crippen LogP contribution is -2.48. The van der Waals surface area contributed by atoms with Crippen molar-refractivity contribution >= 4 is 11.8 Å². The molecule has 4 heteroatoms. The number of imide groups is 1. The van der Waals surface area contributed by atoms with Crippen LogP contribution in [0.4, 0.5) is 0 Å². The van der Waals surface area contributed by atoms with Crippen LogP contribution in [0.15, 0.2) is 12.2 Å². The van der Waals surface area contributed by atoms with Crippen LogP contribution in [0.5, 0.6) is 0 Å². The molecule has 2 fully saturated rings. The second-order valence-electron chi connectivity index (χ2n) is 5.62. The first-order chi connectivity index (χ1) is 8.70. The average Bonchev–Trinajstić information content (AvgIpc) is 2.64. The van der Waals surface area contributed by atoms with Crippen LogP contribution in [0.2, 0.25) is 0 Å². The number of nitrogens with zero attached hydrogens (tertiary/aromatic N) is 1. The third-order valence-corrected chi connectivity index (χ3v) is 4.57. The molecule has 98 valence electrons. The van der Waals surface area contributed by atoms with E-state index in [1.54, 1.807) is 0 Å². The summed E-state index contributed by atoms with van der Waals surface area (Å²) in [6.45, 7) is 0. The van der Waals surface area contributed by atoms with Crippen molar-refractivity contribution in [2.24, 2.45) is 11.8 Å². The third-order valence-electron chi connectivity index (χ3n) is 4.57. The first-order valence-corrected chi connectivity index (χ1v) is 6.90. The summed E-state index contributed by atoms with van der Waals surface area (Å²) in [5.41, 5.74) is 0. The standard InChI is InChI=1S/C14H19NO3/c16-12-8-4-3-7-11(12)15-13(17)9-5-1-2-6-10(9)14(15)18/h1-2,9-12,16H,3-8H2/t9-,10+,11?,12?. The van der Waals surface area contributed by atoms with Gasteiger partial charge in [0.15, 0.2) is 0 Å². The van der Waals surface area contributed by atoms with Gasteiger partial charge < -0.3 is 5.11 Å². The second kappa shape index (κ2) is 4.50. The van der Waals surface area contributed by atoms with Crippen molar-refractivity contribution in [2.75, 3.05) is 0 Å². The predicted octanol–water partition coefficient (Wildman–Crippen LogP) is 1.24. The van der Waals surface area contributed by atoms with Crippen molar-refractivity contribution in [3.8, 4) is 0 Å². The summed E-state index contributed by atoms with van der Waals surface area (Å²) < 4.78 is 0. The molecule has 3 aliphatic rings. The highest BCUT2D eigenvalue weighted by atomic mass is 16.3. The molecule has 1 N–H and O–H groups in total. The van der Waals surface area contributed by atoms with Crippen molar-refractivity contribution in [3.05, 3.63) is 12.2 Å². The van der Waals surface area contributed by atoms with Crippen molar-refractivity contribution in [1.82, 2.24) is 4.90 Å². The summed E-state index contributed by atoms with van der Waals surface area (Å²) in [5.74, 6) is -0.450. The number of fused-ring (bicyclic) bond motifs is 1. The fourth-order valence-corrected chi connectivity index (χ4v) is 3.55. The summed E-state index contributed by atoms with van der Waals surface area (Å²) in [4.78, 5) is 26.1. The van der Waals surface area contributed by atoms with Gasteiger partial charge in [-0.2, -0.15) is 0 Å². The number of carbonyl (C=O) groups is 2. The number of allylic oxidation sites excluding steroid dienone is 2. The van der Waals surface area contributed by atoms with Crippen LogP contribution >= 0.6 is 0 Å². The summed E-state index contributed by atoms with van der Waals surface area (Å²) >= 11 is 0. The first kappa shape index (κ1) is 11.9. The minimum absolute atomic E-state index is 0.0553. The lowest BCUT2D eigenvalue weighted by Gasteiger charge is -2.34. The van der Waals surface area contributed by atoms with E-state index in [1.165, 1.54) is 4.90 Å². The molecule has 3 rings (SSSR count). The molecule has 2 unspecified atom stereocenters. The number of likely N-dealkylation sites (tertiary alicyclic amines) is 1. The Labute approximate surface area is 107 Å². The number of aliphatic hydroxyl groups excluding tert-OH is 1. The van der Waals surface area contributed by atoms with Crippen LogP contribution in [0.1, 0.15) is 38.5 Å². The number of carbonyl (C=O) groups excluding carboxylic acids is 2. The zero-order chi connectivity index (χ0) is 12.7. The molecule has 0 spiro atoms. The van der Waals surface area contributed by atoms with Crippen molar-refractivity contribution in [3.63, 3.8) is 0 Å². The zero-order valence-corrected chi connectivity index (χ0v) is 10.4. The van der Waals surface area contributed by atoms with E-state index < -0.39 is 6.10 Å². The number of aliphatic hydroxyl groups is 1. The monoisotopic (exact) mass is 249 g/mol. The Bertz CT molecular complexity index is 378. The molecule has 4 atom stereocenters. The molecule has 1 heterocycles. The number of amides is 2. The normalized spacial score (nSPS) is 40.2. The van der Waals surface area contributed by atoms with E-state index in [-0.39, 0.29) is 29.7 Å². The van der Waals surface area contributed by atoms with Crippen LogP contribution in [0.25, 0.3) is 0 Å². The molecule has 1 aliphatic heterocycles. The van der Waals surface area contributed by atoms with Crippen LogP contribution < -0.4 is 0 Å². The van der Waals surface area contributed by atoms with Crippen molar-refractivity contribution in [1.29, 1.82) is 0 Å². The lowest BCUT2D eigenvalue weighted by atomic mass is 9.85. The molecule has 2 amide bonds. The molecule has 4 nitrogen and oxygen atoms in total. The molecule has 18 heavy (non-hydrogen) atoms. The Morgan fingerprint density at radius 2 is 1.56 bits per heavy atom. The zero-order valence-electron chi connectivity index (χ0n) is 10.4. The Morgan fingerprint density at radius 3 is 2.11 bits per heavy atom. The highest BCUT2D eigenvalue weighted by Gasteiger charge is 2.50. The molecule has 0 aromatic heterocycles. The Morgan fingerprint density at radius 1 is 1.00 bits per heavy atom. The number of rotatable bonds is 1. The van der Waals surface area contributed by atoms with E-state index in [1.807, 2.05) is 12.2 Å². The van der Waals surface area contributed by atoms with Gasteiger partial charge in [0.2, 0.25) is 11.8 Å². The fourth-order valence-electron chi connectivity index (χ4n) is 3.55. The highest BCUT2D eigenvalue weighted by molar-refractivity contribution is 6.05. The van der Waals surface area contributed by atoms with Crippen molar-refractivity contribution < 1.29 is 14.7 Å². The molecular weight excluding hydrogens is 230 g/mol. The fraction of sp³-hybridized carbons (Fsp3) is 0.714. The minimum atomic E-state index is -0.528. The highest BCUT2D eigenvalue weighted by Crippen LogP contribution is 2.38. The van der Waals surface area contributed by atoms with Crippen LogP contribution in [-0.2, 0) is 9.59 Å². The van der Waals surface area contributed by atoms with E-state index in [0.29, 0.717) is 19.3 Å². The van der Waals surface area contributed by atoms with Crippen LogP contribution in [0.3, 0.4) is 0 Å². The van der Waals surface area contributed by atoms with E-state index in [2.05, 4.69) is 0 Å². The van der Waals surface area contributed by atoms with Gasteiger partial charge in [-0.1, -0.05) is 25.0 Å². The maximum absolute atomic E-state index is 12.4. The topological polar surface area (TPSA) is 57.6 Å². The average molecular weight is 249 g/mol. The second-order valence-corrected chi connectivity index (χ2v) is 5.62. The van der Waals surface area contributed by atoms with Gasteiger partial charge in [-0.05, 0) is 25.7 Å². The predicted molar refractivity (Wildman–Crippen MR) is 65.5 cm³/mol. The van der Waals surface area contributed by atoms with Gasteiger partial charge in [0, 0.05) is 0 Å². The summed E-state index contributed by atoms with van der Waals surface area (Å²) in [7, 11) is 0. The third kappa shape index (κ3) is 1.70. The van der Waals surface area contributed by atoms with Gasteiger partial charge in [-0.25, -0.2) is 0 Å². The quantitative estimate of drug-likeness (QED) is 0.562. The van der Waals surface area contributed by atoms with Crippen LogP contribution in [-0.4, -0.2) is 34.0 Å². The molecule has 0 aromatic carbocycles. The minimum Gasteiger partial charge on any atom is -0.391 e. The molecule has 1 saturated heterocycles. The molecule has 1 saturated carbocycles. The van der Waals surface area contributed by atoms with Crippen molar-refractivity contribution in [2.45, 2.75) is 50.7 Å². The lowest BCUT2D eigenvalue weighted by molar-refractivity contribution is -0.146. The Kier molecular flexibility index (Phi) is 2.98. The summed E-state index contributed by atoms with van der Waals surface area (Å²) in [6.07, 6.45) is 8.25. The van der Waals surface area contributed by atoms with E-state index >= 15 is 0 Å². The van der Waals surface area contributed by atoms with Gasteiger partial charge in [0.05, 0.1) is 24.0 Å². The Hall–Kier alpha value is -1.16. The molecule has 0 radical (unpaired) electrons. The van der Waals surface area contributed by atoms with E-state index in [4.69, 9.17) is 0 Å². The van der Waals surface area contributed by atoms with E-state index in [9.17, 15) is 14.7 Å². The Balaban J connectivity index is 1.84. The van der Waals surface area contributed by atoms with E-state index in [0.717, 1.165) is 19.3 Å². The molecular formula is C14H19NO3. The van der Waals surface area contributed by atoms with Gasteiger partial charge >= 0.3 is 0 Å². The van der Waals surface area contributed by atoms with Crippen LogP contribution in [0, 0.1) is 11.8 Å². The van der Waals surface area contributed by atoms with Gasteiger partial charge in [0.25, 0.3) is 0 Å². The van der Waals surface area contributed by atoms with Gasteiger partial charge in [-0.15, -0.1) is 0 Å². The first-order valence-electron chi connectivity index (χ1n) is 6.90. The molecule has 2 aliphatic carbocycles. The maximum atomic E-state index is 12.4. The maximum Gasteiger partial charge on any atom is 0.233 e. The number of hydrogen-bond donors (Lipinski definition) is 1. The number of hydrogen-bond acceptors (Lipinski definition) is 3. The molecule has 0 aromatic rings. The molecule has 0 bridgehead atoms. The largest absolute Gasteiger partial charge is 0.391 e. The summed E-state index contributed by atoms with van der Waals surface area (Å²) in [6, 6.07) is -0.274. The smallest absolute Gasteiger partial charge is 0.233 e.